The number of benzene rings is 2. The van der Waals surface area contributed by atoms with Crippen molar-refractivity contribution in [2.45, 2.75) is 12.3 Å². The Hall–Kier alpha value is -2.45. The standard InChI is InChI=1S/C19H21ClN2O5S/c1-21(10-14-9-15(20)5-7-17(14)26-2)19(23)12-28-11-13-4-6-18(27-3)16(8-13)22(24)25/h4-9H,10-12H2,1-3H3. The summed E-state index contributed by atoms with van der Waals surface area (Å²) in [4.78, 5) is 24.6. The molecule has 7 nitrogen and oxygen atoms in total. The molecular weight excluding hydrogens is 404 g/mol. The maximum atomic E-state index is 12.4. The van der Waals surface area contributed by atoms with E-state index in [1.807, 2.05) is 0 Å². The second kappa shape index (κ2) is 10.2. The lowest BCUT2D eigenvalue weighted by Crippen LogP contribution is -2.28. The molecule has 0 bridgehead atoms. The van der Waals surface area contributed by atoms with E-state index in [-0.39, 0.29) is 23.1 Å². The summed E-state index contributed by atoms with van der Waals surface area (Å²) in [6, 6.07) is 10.1. The topological polar surface area (TPSA) is 81.9 Å². The van der Waals surface area contributed by atoms with Gasteiger partial charge in [-0.15, -0.1) is 11.8 Å². The van der Waals surface area contributed by atoms with Gasteiger partial charge in [-0.25, -0.2) is 0 Å². The molecular formula is C19H21ClN2O5S. The van der Waals surface area contributed by atoms with Gasteiger partial charge in [0.15, 0.2) is 5.75 Å². The Bertz CT molecular complexity index is 862. The van der Waals surface area contributed by atoms with Crippen molar-refractivity contribution in [3.05, 3.63) is 62.7 Å². The van der Waals surface area contributed by atoms with Gasteiger partial charge in [0.25, 0.3) is 0 Å². The van der Waals surface area contributed by atoms with E-state index in [2.05, 4.69) is 0 Å². The summed E-state index contributed by atoms with van der Waals surface area (Å²) in [5, 5.41) is 11.7. The fourth-order valence-electron chi connectivity index (χ4n) is 2.55. The molecule has 0 heterocycles. The molecule has 2 aromatic rings. The summed E-state index contributed by atoms with van der Waals surface area (Å²) >= 11 is 7.41. The summed E-state index contributed by atoms with van der Waals surface area (Å²) in [6.45, 7) is 0.372. The van der Waals surface area contributed by atoms with Crippen molar-refractivity contribution < 1.29 is 19.2 Å². The normalized spacial score (nSPS) is 10.4. The molecule has 0 radical (unpaired) electrons. The highest BCUT2D eigenvalue weighted by molar-refractivity contribution is 7.99. The van der Waals surface area contributed by atoms with Crippen molar-refractivity contribution in [3.8, 4) is 11.5 Å². The van der Waals surface area contributed by atoms with Crippen molar-refractivity contribution in [1.29, 1.82) is 0 Å². The number of hydrogen-bond acceptors (Lipinski definition) is 6. The van der Waals surface area contributed by atoms with E-state index in [1.165, 1.54) is 24.9 Å². The van der Waals surface area contributed by atoms with E-state index < -0.39 is 4.92 Å². The van der Waals surface area contributed by atoms with Gasteiger partial charge in [0.2, 0.25) is 5.91 Å². The number of ether oxygens (including phenoxy) is 2. The van der Waals surface area contributed by atoms with Crippen LogP contribution in [-0.4, -0.2) is 42.8 Å². The minimum atomic E-state index is -0.482. The molecule has 28 heavy (non-hydrogen) atoms. The predicted octanol–water partition coefficient (Wildman–Crippen LogP) is 4.16. The number of methoxy groups -OCH3 is 2. The van der Waals surface area contributed by atoms with Crippen LogP contribution < -0.4 is 9.47 Å². The third-order valence-corrected chi connectivity index (χ3v) is 5.23. The van der Waals surface area contributed by atoms with E-state index >= 15 is 0 Å². The number of nitrogens with zero attached hydrogens (tertiary/aromatic N) is 2. The Morgan fingerprint density at radius 1 is 1.18 bits per heavy atom. The highest BCUT2D eigenvalue weighted by atomic mass is 35.5. The highest BCUT2D eigenvalue weighted by Crippen LogP contribution is 2.29. The lowest BCUT2D eigenvalue weighted by Gasteiger charge is -2.19. The van der Waals surface area contributed by atoms with Crippen LogP contribution in [0.15, 0.2) is 36.4 Å². The Morgan fingerprint density at radius 2 is 1.86 bits per heavy atom. The van der Waals surface area contributed by atoms with Crippen LogP contribution >= 0.6 is 23.4 Å². The maximum Gasteiger partial charge on any atom is 0.311 e. The summed E-state index contributed by atoms with van der Waals surface area (Å²) < 4.78 is 10.3. The maximum absolute atomic E-state index is 12.4. The van der Waals surface area contributed by atoms with Gasteiger partial charge in [-0.05, 0) is 29.8 Å². The first-order chi connectivity index (χ1) is 13.3. The molecule has 0 saturated heterocycles. The zero-order valence-electron chi connectivity index (χ0n) is 15.8. The van der Waals surface area contributed by atoms with Crippen LogP contribution in [0.5, 0.6) is 11.5 Å². The van der Waals surface area contributed by atoms with Gasteiger partial charge in [-0.3, -0.25) is 14.9 Å². The van der Waals surface area contributed by atoms with Crippen LogP contribution in [0, 0.1) is 10.1 Å². The monoisotopic (exact) mass is 424 g/mol. The number of halogens is 1. The van der Waals surface area contributed by atoms with Crippen LogP contribution in [0.25, 0.3) is 0 Å². The number of nitro benzene ring substituents is 1. The average Bonchev–Trinajstić information content (AvgIpc) is 2.67. The van der Waals surface area contributed by atoms with Gasteiger partial charge in [-0.2, -0.15) is 0 Å². The van der Waals surface area contributed by atoms with Gasteiger partial charge in [0.1, 0.15) is 5.75 Å². The molecule has 1 amide bonds. The third-order valence-electron chi connectivity index (χ3n) is 4.01. The smallest absolute Gasteiger partial charge is 0.311 e. The van der Waals surface area contributed by atoms with Crippen LogP contribution in [-0.2, 0) is 17.1 Å². The van der Waals surface area contributed by atoms with Gasteiger partial charge in [-0.1, -0.05) is 17.7 Å². The lowest BCUT2D eigenvalue weighted by atomic mass is 10.2. The minimum absolute atomic E-state index is 0.0601. The predicted molar refractivity (Wildman–Crippen MR) is 110 cm³/mol. The van der Waals surface area contributed by atoms with Gasteiger partial charge in [0, 0.05) is 36.0 Å². The summed E-state index contributed by atoms with van der Waals surface area (Å²) in [5.74, 6) is 1.55. The van der Waals surface area contributed by atoms with Crippen molar-refractivity contribution in [2.24, 2.45) is 0 Å². The number of rotatable bonds is 9. The van der Waals surface area contributed by atoms with E-state index in [1.54, 1.807) is 49.4 Å². The first kappa shape index (κ1) is 21.8. The Balaban J connectivity index is 1.93. The molecule has 0 aromatic heterocycles. The summed E-state index contributed by atoms with van der Waals surface area (Å²) in [7, 11) is 4.67. The first-order valence-electron chi connectivity index (χ1n) is 8.31. The van der Waals surface area contributed by atoms with Crippen molar-refractivity contribution in [1.82, 2.24) is 4.90 Å². The molecule has 0 spiro atoms. The number of hydrogen-bond donors (Lipinski definition) is 0. The summed E-state index contributed by atoms with van der Waals surface area (Å²) in [6.07, 6.45) is 0. The number of amides is 1. The molecule has 0 unspecified atom stereocenters. The van der Waals surface area contributed by atoms with Crippen LogP contribution in [0.2, 0.25) is 5.02 Å². The molecule has 150 valence electrons. The lowest BCUT2D eigenvalue weighted by molar-refractivity contribution is -0.385. The van der Waals surface area contributed by atoms with Crippen molar-refractivity contribution in [3.63, 3.8) is 0 Å². The molecule has 2 aromatic carbocycles. The molecule has 0 atom stereocenters. The zero-order valence-corrected chi connectivity index (χ0v) is 17.4. The Labute approximate surface area is 172 Å². The Kier molecular flexibility index (Phi) is 7.95. The largest absolute Gasteiger partial charge is 0.496 e. The number of carbonyl (C=O) groups is 1. The SMILES string of the molecule is COc1ccc(Cl)cc1CN(C)C(=O)CSCc1ccc(OC)c([N+](=O)[O-])c1. The fraction of sp³-hybridized carbons (Fsp3) is 0.316. The van der Waals surface area contributed by atoms with Crippen molar-refractivity contribution in [2.75, 3.05) is 27.0 Å². The number of nitro groups is 1. The molecule has 0 aliphatic rings. The Morgan fingerprint density at radius 3 is 2.50 bits per heavy atom. The van der Waals surface area contributed by atoms with Crippen molar-refractivity contribution >= 4 is 35.0 Å². The van der Waals surface area contributed by atoms with Gasteiger partial charge >= 0.3 is 5.69 Å². The first-order valence-corrected chi connectivity index (χ1v) is 9.84. The van der Waals surface area contributed by atoms with Crippen LogP contribution in [0.4, 0.5) is 5.69 Å². The second-order valence-corrected chi connectivity index (χ2v) is 7.38. The van der Waals surface area contributed by atoms with E-state index in [0.717, 1.165) is 11.1 Å². The van der Waals surface area contributed by atoms with Crippen LogP contribution in [0.3, 0.4) is 0 Å². The quantitative estimate of drug-likeness (QED) is 0.444. The number of thioether (sulfide) groups is 1. The van der Waals surface area contributed by atoms with Gasteiger partial charge < -0.3 is 14.4 Å². The molecule has 0 N–H and O–H groups in total. The summed E-state index contributed by atoms with van der Waals surface area (Å²) in [5.41, 5.74) is 1.49. The third kappa shape index (κ3) is 5.77. The molecule has 0 saturated carbocycles. The highest BCUT2D eigenvalue weighted by Gasteiger charge is 2.16. The zero-order chi connectivity index (χ0) is 20.7. The fourth-order valence-corrected chi connectivity index (χ4v) is 3.66. The van der Waals surface area contributed by atoms with Crippen LogP contribution in [0.1, 0.15) is 11.1 Å². The molecule has 0 aliphatic heterocycles. The minimum Gasteiger partial charge on any atom is -0.496 e. The van der Waals surface area contributed by atoms with E-state index in [0.29, 0.717) is 23.1 Å². The number of carbonyl (C=O) groups excluding carboxylic acids is 1. The van der Waals surface area contributed by atoms with E-state index in [9.17, 15) is 14.9 Å². The second-order valence-electron chi connectivity index (χ2n) is 5.96. The van der Waals surface area contributed by atoms with E-state index in [4.69, 9.17) is 21.1 Å². The van der Waals surface area contributed by atoms with Gasteiger partial charge in [0.05, 0.1) is 24.9 Å². The molecule has 2 rings (SSSR count). The molecule has 0 fully saturated rings. The average molecular weight is 425 g/mol. The molecule has 0 aliphatic carbocycles. The molecule has 9 heteroatoms.